The Balaban J connectivity index is 1.75. The van der Waals surface area contributed by atoms with Crippen molar-refractivity contribution < 1.29 is 9.53 Å². The molecule has 1 amide bonds. The fraction of sp³-hybridized carbons (Fsp3) is 0.643. The number of nitrogens with zero attached hydrogens (tertiary/aromatic N) is 1. The maximum Gasteiger partial charge on any atom is 0.229 e. The van der Waals surface area contributed by atoms with E-state index < -0.39 is 0 Å². The average Bonchev–Trinajstić information content (AvgIpc) is 3.06. The second kappa shape index (κ2) is 5.23. The zero-order valence-electron chi connectivity index (χ0n) is 11.2. The number of nitrogens with one attached hydrogen (secondary N) is 1. The number of fused-ring (bicyclic) bond motifs is 1. The minimum absolute atomic E-state index is 0.103. The Labute approximate surface area is 117 Å². The molecule has 0 radical (unpaired) electrons. The van der Waals surface area contributed by atoms with Gasteiger partial charge in [0.1, 0.15) is 0 Å². The molecule has 1 aromatic rings. The second-order valence-corrected chi connectivity index (χ2v) is 6.26. The lowest BCUT2D eigenvalue weighted by molar-refractivity contribution is -0.139. The van der Waals surface area contributed by atoms with Gasteiger partial charge in [-0.1, -0.05) is 0 Å². The van der Waals surface area contributed by atoms with E-state index in [1.807, 2.05) is 0 Å². The molecule has 104 valence electrons. The highest BCUT2D eigenvalue weighted by Gasteiger charge is 2.52. The second-order valence-electron chi connectivity index (χ2n) is 5.48. The van der Waals surface area contributed by atoms with Gasteiger partial charge in [-0.25, -0.2) is 0 Å². The molecule has 2 atom stereocenters. The number of ether oxygens (including phenoxy) is 1. The molecule has 0 aliphatic carbocycles. The van der Waals surface area contributed by atoms with Crippen LogP contribution in [0.1, 0.15) is 18.4 Å². The first kappa shape index (κ1) is 13.1. The highest BCUT2D eigenvalue weighted by atomic mass is 32.1. The van der Waals surface area contributed by atoms with Crippen LogP contribution in [0.4, 0.5) is 0 Å². The van der Waals surface area contributed by atoms with E-state index in [9.17, 15) is 4.79 Å². The van der Waals surface area contributed by atoms with Crippen LogP contribution in [0.15, 0.2) is 16.8 Å². The van der Waals surface area contributed by atoms with E-state index in [-0.39, 0.29) is 17.4 Å². The largest absolute Gasteiger partial charge is 0.377 e. The molecule has 2 aliphatic heterocycles. The van der Waals surface area contributed by atoms with Gasteiger partial charge in [0, 0.05) is 33.3 Å². The van der Waals surface area contributed by atoms with Crippen molar-refractivity contribution in [2.75, 3.05) is 26.7 Å². The number of rotatable bonds is 3. The van der Waals surface area contributed by atoms with Crippen LogP contribution in [0.25, 0.3) is 0 Å². The summed E-state index contributed by atoms with van der Waals surface area (Å²) in [5.74, 6) is 0.144. The summed E-state index contributed by atoms with van der Waals surface area (Å²) in [6, 6.07) is 2.16. The van der Waals surface area contributed by atoms with Crippen LogP contribution < -0.4 is 5.32 Å². The fourth-order valence-corrected chi connectivity index (χ4v) is 4.04. The van der Waals surface area contributed by atoms with Crippen LogP contribution in [-0.4, -0.2) is 43.7 Å². The van der Waals surface area contributed by atoms with E-state index in [1.165, 1.54) is 5.56 Å². The third kappa shape index (κ3) is 2.30. The van der Waals surface area contributed by atoms with Gasteiger partial charge in [0.2, 0.25) is 5.91 Å². The fourth-order valence-electron chi connectivity index (χ4n) is 3.38. The van der Waals surface area contributed by atoms with Crippen LogP contribution in [0.5, 0.6) is 0 Å². The van der Waals surface area contributed by atoms with E-state index in [0.29, 0.717) is 6.61 Å². The Morgan fingerprint density at radius 3 is 3.32 bits per heavy atom. The lowest BCUT2D eigenvalue weighted by Crippen LogP contribution is -2.56. The van der Waals surface area contributed by atoms with Gasteiger partial charge >= 0.3 is 0 Å². The molecule has 0 bridgehead atoms. The lowest BCUT2D eigenvalue weighted by Gasteiger charge is -2.42. The molecule has 1 N–H and O–H groups in total. The van der Waals surface area contributed by atoms with Crippen molar-refractivity contribution in [1.29, 1.82) is 0 Å². The van der Waals surface area contributed by atoms with Crippen molar-refractivity contribution in [1.82, 2.24) is 10.2 Å². The predicted octanol–water partition coefficient (Wildman–Crippen LogP) is 1.48. The summed E-state index contributed by atoms with van der Waals surface area (Å²) in [6.45, 7) is 3.48. The first-order valence-electron chi connectivity index (χ1n) is 6.82. The molecule has 3 rings (SSSR count). The number of piperidine rings is 1. The smallest absolute Gasteiger partial charge is 0.229 e. The van der Waals surface area contributed by atoms with E-state index in [0.717, 1.165) is 32.5 Å². The van der Waals surface area contributed by atoms with E-state index in [4.69, 9.17) is 4.74 Å². The van der Waals surface area contributed by atoms with Crippen molar-refractivity contribution in [2.24, 2.45) is 5.41 Å². The summed E-state index contributed by atoms with van der Waals surface area (Å²) in [4.78, 5) is 14.7. The van der Waals surface area contributed by atoms with Gasteiger partial charge in [0.25, 0.3) is 0 Å². The highest BCUT2D eigenvalue weighted by Crippen LogP contribution is 2.41. The Morgan fingerprint density at radius 2 is 2.58 bits per heavy atom. The summed E-state index contributed by atoms with van der Waals surface area (Å²) >= 11 is 1.73. The van der Waals surface area contributed by atoms with Gasteiger partial charge in [-0.3, -0.25) is 9.69 Å². The zero-order chi connectivity index (χ0) is 13.3. The molecule has 2 aliphatic rings. The third-order valence-electron chi connectivity index (χ3n) is 4.36. The first-order chi connectivity index (χ1) is 9.24. The topological polar surface area (TPSA) is 41.6 Å². The number of likely N-dealkylation sites (tertiary alicyclic amines) is 1. The van der Waals surface area contributed by atoms with Crippen LogP contribution in [0.3, 0.4) is 0 Å². The maximum atomic E-state index is 12.3. The molecule has 19 heavy (non-hydrogen) atoms. The van der Waals surface area contributed by atoms with E-state index >= 15 is 0 Å². The summed E-state index contributed by atoms with van der Waals surface area (Å²) in [6.07, 6.45) is 1.90. The summed E-state index contributed by atoms with van der Waals surface area (Å²) in [7, 11) is 1.73. The monoisotopic (exact) mass is 280 g/mol. The number of carbonyl (C=O) groups excluding carboxylic acids is 1. The normalized spacial score (nSPS) is 31.1. The Morgan fingerprint density at radius 1 is 1.68 bits per heavy atom. The molecular weight excluding hydrogens is 260 g/mol. The molecule has 0 saturated carbocycles. The van der Waals surface area contributed by atoms with Crippen molar-refractivity contribution in [3.8, 4) is 0 Å². The number of hydrogen-bond donors (Lipinski definition) is 1. The summed E-state index contributed by atoms with van der Waals surface area (Å²) < 4.78 is 5.78. The number of hydrogen-bond acceptors (Lipinski definition) is 4. The van der Waals surface area contributed by atoms with Crippen molar-refractivity contribution in [2.45, 2.75) is 25.5 Å². The van der Waals surface area contributed by atoms with Crippen LogP contribution in [-0.2, 0) is 16.1 Å². The predicted molar refractivity (Wildman–Crippen MR) is 75.1 cm³/mol. The molecular formula is C14H20N2O2S. The molecule has 3 heterocycles. The quantitative estimate of drug-likeness (QED) is 0.912. The zero-order valence-corrected chi connectivity index (χ0v) is 12.0. The standard InChI is InChI=1S/C14H20N2O2S/c1-15-13(17)14-4-6-18-12(14)2-5-16(10-14)8-11-3-7-19-9-11/h3,7,9,12H,2,4-6,8,10H2,1H3,(H,15,17)/t12-,14-/m0/s1. The average molecular weight is 280 g/mol. The van der Waals surface area contributed by atoms with E-state index in [2.05, 4.69) is 27.0 Å². The van der Waals surface area contributed by atoms with Crippen molar-refractivity contribution >= 4 is 17.2 Å². The molecule has 0 spiro atoms. The summed E-state index contributed by atoms with van der Waals surface area (Å²) in [5, 5.41) is 7.12. The number of carbonyl (C=O) groups is 1. The minimum Gasteiger partial charge on any atom is -0.377 e. The minimum atomic E-state index is -0.330. The van der Waals surface area contributed by atoms with Crippen LogP contribution in [0, 0.1) is 5.41 Å². The first-order valence-corrected chi connectivity index (χ1v) is 7.76. The van der Waals surface area contributed by atoms with Gasteiger partial charge in [0.05, 0.1) is 11.5 Å². The highest BCUT2D eigenvalue weighted by molar-refractivity contribution is 7.07. The van der Waals surface area contributed by atoms with E-state index in [1.54, 1.807) is 18.4 Å². The van der Waals surface area contributed by atoms with Gasteiger partial charge in [0.15, 0.2) is 0 Å². The van der Waals surface area contributed by atoms with Crippen molar-refractivity contribution in [3.05, 3.63) is 22.4 Å². The van der Waals surface area contributed by atoms with Gasteiger partial charge in [-0.2, -0.15) is 11.3 Å². The number of amides is 1. The number of thiophene rings is 1. The van der Waals surface area contributed by atoms with Crippen LogP contribution >= 0.6 is 11.3 Å². The molecule has 0 unspecified atom stereocenters. The Hall–Kier alpha value is -0.910. The Bertz CT molecular complexity index is 448. The molecule has 4 nitrogen and oxygen atoms in total. The van der Waals surface area contributed by atoms with Crippen LogP contribution in [0.2, 0.25) is 0 Å². The molecule has 0 aromatic carbocycles. The van der Waals surface area contributed by atoms with Gasteiger partial charge < -0.3 is 10.1 Å². The lowest BCUT2D eigenvalue weighted by atomic mass is 9.75. The summed E-state index contributed by atoms with van der Waals surface area (Å²) in [5.41, 5.74) is 1.01. The third-order valence-corrected chi connectivity index (χ3v) is 5.09. The van der Waals surface area contributed by atoms with Gasteiger partial charge in [-0.05, 0) is 35.2 Å². The molecule has 5 heteroatoms. The maximum absolute atomic E-state index is 12.3. The molecule has 1 aromatic heterocycles. The Kier molecular flexibility index (Phi) is 3.60. The van der Waals surface area contributed by atoms with Gasteiger partial charge in [-0.15, -0.1) is 0 Å². The van der Waals surface area contributed by atoms with Crippen molar-refractivity contribution in [3.63, 3.8) is 0 Å². The molecule has 2 saturated heterocycles. The SMILES string of the molecule is CNC(=O)[C@]12CCO[C@H]1CCN(Cc1ccsc1)C2. The molecule has 2 fully saturated rings.